The summed E-state index contributed by atoms with van der Waals surface area (Å²) in [6.45, 7) is 0. The first-order valence-corrected chi connectivity index (χ1v) is 21.6. The molecule has 13 aromatic rings. The molecular weight excluding hydrogens is 765 g/mol. The van der Waals surface area contributed by atoms with E-state index in [-0.39, 0.29) is 0 Å². The smallest absolute Gasteiger partial charge is 0.159 e. The summed E-state index contributed by atoms with van der Waals surface area (Å²) in [4.78, 5) is 2.33. The molecule has 0 amide bonds. The van der Waals surface area contributed by atoms with E-state index in [2.05, 4.69) is 240 Å². The minimum absolute atomic E-state index is 0.863. The van der Waals surface area contributed by atoms with Gasteiger partial charge in [0.1, 0.15) is 5.58 Å². The number of rotatable bonds is 6. The van der Waals surface area contributed by atoms with Crippen LogP contribution in [0, 0.1) is 0 Å². The topological polar surface area (TPSA) is 20.8 Å². The molecule has 63 heavy (non-hydrogen) atoms. The lowest BCUT2D eigenvalue weighted by atomic mass is 9.93. The largest absolute Gasteiger partial charge is 0.453 e. The molecule has 3 heterocycles. The van der Waals surface area contributed by atoms with Gasteiger partial charge in [-0.1, -0.05) is 164 Å². The average molecular weight is 803 g/mol. The zero-order chi connectivity index (χ0) is 41.4. The lowest BCUT2D eigenvalue weighted by Crippen LogP contribution is -2.10. The number of furan rings is 1. The minimum atomic E-state index is 0.863. The molecule has 0 aliphatic rings. The van der Waals surface area contributed by atoms with Crippen LogP contribution in [0.3, 0.4) is 0 Å². The molecule has 0 radical (unpaired) electrons. The highest BCUT2D eigenvalue weighted by molar-refractivity contribution is 6.20. The summed E-state index contributed by atoms with van der Waals surface area (Å²) < 4.78 is 9.26. The SMILES string of the molecule is c1ccc(-c2cccc3c2oc2c(N(c4ccccc4)c4ccc5c(ccc6cc(-c7ccc8ccc9c(c(-c%10ccccc%10)c%10ccccn%109)c8c7)ccc65)c4)cccc23)cc1. The standard InChI is InChI=1S/C60H38N2O/c1-4-14-39(15-5-1)50-20-12-21-51-52-22-13-24-56(60(52)63-59(50)51)62(46-18-8-3-9-19-46)47-31-33-49-45(37-47)28-27-44-36-42(29-32-48(44)49)43-26-25-40-30-34-55-58(53(40)38-43)57(41-16-6-2-7-17-41)54-23-10-11-35-61(54)55/h1-38H. The van der Waals surface area contributed by atoms with Gasteiger partial charge in [-0.2, -0.15) is 0 Å². The second kappa shape index (κ2) is 14.1. The molecule has 0 saturated heterocycles. The Kier molecular flexibility index (Phi) is 7.91. The van der Waals surface area contributed by atoms with Crippen LogP contribution in [0.15, 0.2) is 235 Å². The van der Waals surface area contributed by atoms with Crippen molar-refractivity contribution < 1.29 is 4.42 Å². The lowest BCUT2D eigenvalue weighted by Gasteiger charge is -2.26. The predicted molar refractivity (Wildman–Crippen MR) is 266 cm³/mol. The van der Waals surface area contributed by atoms with E-state index in [1.165, 1.54) is 71.0 Å². The van der Waals surface area contributed by atoms with Crippen molar-refractivity contribution in [2.75, 3.05) is 4.90 Å². The van der Waals surface area contributed by atoms with E-state index in [4.69, 9.17) is 4.42 Å². The van der Waals surface area contributed by atoms with E-state index in [1.807, 2.05) is 0 Å². The molecule has 3 aromatic heterocycles. The first-order valence-electron chi connectivity index (χ1n) is 21.6. The van der Waals surface area contributed by atoms with Gasteiger partial charge in [-0.05, 0) is 115 Å². The van der Waals surface area contributed by atoms with Crippen LogP contribution < -0.4 is 4.90 Å². The highest BCUT2D eigenvalue weighted by Crippen LogP contribution is 2.46. The molecule has 0 fully saturated rings. The summed E-state index contributed by atoms with van der Waals surface area (Å²) in [7, 11) is 0. The fourth-order valence-corrected chi connectivity index (χ4v) is 10.0. The summed E-state index contributed by atoms with van der Waals surface area (Å²) in [6, 6.07) is 81.1. The molecule has 10 aromatic carbocycles. The van der Waals surface area contributed by atoms with E-state index in [0.29, 0.717) is 0 Å². The summed E-state index contributed by atoms with van der Waals surface area (Å²) in [6.07, 6.45) is 2.18. The monoisotopic (exact) mass is 802 g/mol. The van der Waals surface area contributed by atoms with Gasteiger partial charge in [0.2, 0.25) is 0 Å². The first kappa shape index (κ1) is 35.4. The van der Waals surface area contributed by atoms with Crippen LogP contribution in [0.5, 0.6) is 0 Å². The summed E-state index contributed by atoms with van der Waals surface area (Å²) >= 11 is 0. The molecule has 0 aliphatic heterocycles. The van der Waals surface area contributed by atoms with Crippen molar-refractivity contribution in [2.45, 2.75) is 0 Å². The van der Waals surface area contributed by atoms with Crippen molar-refractivity contribution in [3.05, 3.63) is 231 Å². The Hall–Kier alpha value is -8.40. The maximum absolute atomic E-state index is 6.93. The van der Waals surface area contributed by atoms with Crippen LogP contribution in [0.1, 0.15) is 0 Å². The Balaban J connectivity index is 0.929. The van der Waals surface area contributed by atoms with Crippen molar-refractivity contribution in [3.63, 3.8) is 0 Å². The molecular formula is C60H38N2O. The third-order valence-electron chi connectivity index (χ3n) is 12.9. The minimum Gasteiger partial charge on any atom is -0.453 e. The van der Waals surface area contributed by atoms with Crippen molar-refractivity contribution in [1.82, 2.24) is 4.40 Å². The molecule has 0 N–H and O–H groups in total. The third-order valence-corrected chi connectivity index (χ3v) is 12.9. The quantitative estimate of drug-likeness (QED) is 0.156. The zero-order valence-electron chi connectivity index (χ0n) is 34.2. The maximum Gasteiger partial charge on any atom is 0.159 e. The zero-order valence-corrected chi connectivity index (χ0v) is 34.2. The summed E-state index contributed by atoms with van der Waals surface area (Å²) in [5, 5.41) is 10.8. The van der Waals surface area contributed by atoms with Gasteiger partial charge in [0, 0.05) is 44.9 Å². The van der Waals surface area contributed by atoms with Gasteiger partial charge in [-0.3, -0.25) is 0 Å². The number of nitrogens with zero attached hydrogens (tertiary/aromatic N) is 2. The van der Waals surface area contributed by atoms with Gasteiger partial charge >= 0.3 is 0 Å². The van der Waals surface area contributed by atoms with Gasteiger partial charge in [-0.25, -0.2) is 0 Å². The second-order valence-electron chi connectivity index (χ2n) is 16.5. The number of pyridine rings is 1. The van der Waals surface area contributed by atoms with Crippen molar-refractivity contribution in [1.29, 1.82) is 0 Å². The molecule has 294 valence electrons. The Morgan fingerprint density at radius 3 is 1.79 bits per heavy atom. The Bertz CT molecular complexity index is 3900. The van der Waals surface area contributed by atoms with Crippen LogP contribution in [-0.4, -0.2) is 4.40 Å². The summed E-state index contributed by atoms with van der Waals surface area (Å²) in [5.74, 6) is 0. The van der Waals surface area contributed by atoms with Crippen LogP contribution in [0.4, 0.5) is 17.1 Å². The van der Waals surface area contributed by atoms with Crippen LogP contribution in [-0.2, 0) is 0 Å². The van der Waals surface area contributed by atoms with E-state index < -0.39 is 0 Å². The maximum atomic E-state index is 6.93. The Morgan fingerprint density at radius 1 is 0.349 bits per heavy atom. The van der Waals surface area contributed by atoms with Gasteiger partial charge in [0.05, 0.1) is 16.7 Å². The number of aromatic nitrogens is 1. The van der Waals surface area contributed by atoms with E-state index in [1.54, 1.807) is 0 Å². The van der Waals surface area contributed by atoms with Crippen molar-refractivity contribution >= 4 is 87.7 Å². The number of anilines is 3. The second-order valence-corrected chi connectivity index (χ2v) is 16.5. The van der Waals surface area contributed by atoms with Crippen LogP contribution >= 0.6 is 0 Å². The van der Waals surface area contributed by atoms with Crippen molar-refractivity contribution in [2.24, 2.45) is 0 Å². The number of para-hydroxylation sites is 3. The number of benzene rings is 10. The van der Waals surface area contributed by atoms with Gasteiger partial charge in [0.15, 0.2) is 5.58 Å². The summed E-state index contributed by atoms with van der Waals surface area (Å²) in [5.41, 5.74) is 14.5. The number of fused-ring (bicyclic) bond motifs is 11. The van der Waals surface area contributed by atoms with Gasteiger partial charge in [-0.15, -0.1) is 0 Å². The fourth-order valence-electron chi connectivity index (χ4n) is 10.0. The van der Waals surface area contributed by atoms with E-state index in [0.717, 1.165) is 50.1 Å². The highest BCUT2D eigenvalue weighted by Gasteiger charge is 2.22. The van der Waals surface area contributed by atoms with Crippen molar-refractivity contribution in [3.8, 4) is 33.4 Å². The molecule has 0 unspecified atom stereocenters. The molecule has 0 bridgehead atoms. The van der Waals surface area contributed by atoms with Crippen LogP contribution in [0.2, 0.25) is 0 Å². The molecule has 3 nitrogen and oxygen atoms in total. The average Bonchev–Trinajstić information content (AvgIpc) is 3.91. The molecule has 0 atom stereocenters. The van der Waals surface area contributed by atoms with Gasteiger partial charge < -0.3 is 13.7 Å². The highest BCUT2D eigenvalue weighted by atomic mass is 16.3. The predicted octanol–water partition coefficient (Wildman–Crippen LogP) is 16.9. The number of hydrogen-bond acceptors (Lipinski definition) is 2. The molecule has 3 heteroatoms. The van der Waals surface area contributed by atoms with Crippen LogP contribution in [0.25, 0.3) is 104 Å². The number of hydrogen-bond donors (Lipinski definition) is 0. The normalized spacial score (nSPS) is 11.8. The molecule has 0 aliphatic carbocycles. The molecule has 13 rings (SSSR count). The fraction of sp³-hybridized carbons (Fsp3) is 0. The molecule has 0 saturated carbocycles. The molecule has 0 spiro atoms. The third kappa shape index (κ3) is 5.60. The lowest BCUT2D eigenvalue weighted by molar-refractivity contribution is 0.670. The first-order chi connectivity index (χ1) is 31.2. The van der Waals surface area contributed by atoms with Gasteiger partial charge in [0.25, 0.3) is 0 Å². The Morgan fingerprint density at radius 2 is 0.984 bits per heavy atom. The van der Waals surface area contributed by atoms with E-state index >= 15 is 0 Å². The Labute approximate surface area is 363 Å². The van der Waals surface area contributed by atoms with E-state index in [9.17, 15) is 0 Å².